The van der Waals surface area contributed by atoms with Crippen LogP contribution in [0.4, 0.5) is 5.69 Å². The van der Waals surface area contributed by atoms with Crippen LogP contribution < -0.4 is 14.4 Å². The summed E-state index contributed by atoms with van der Waals surface area (Å²) in [7, 11) is -3.60. The van der Waals surface area contributed by atoms with Gasteiger partial charge in [-0.15, -0.1) is 0 Å². The van der Waals surface area contributed by atoms with Crippen LogP contribution in [-0.4, -0.2) is 56.1 Å². The Morgan fingerprint density at radius 2 is 1.53 bits per heavy atom. The number of ether oxygens (including phenoxy) is 1. The number of anilines is 1. The molecule has 9 heteroatoms. The van der Waals surface area contributed by atoms with E-state index < -0.39 is 21.6 Å². The Hall–Kier alpha value is -3.85. The molecule has 0 fully saturated rings. The monoisotopic (exact) mass is 607 g/mol. The van der Waals surface area contributed by atoms with Crippen molar-refractivity contribution in [1.82, 2.24) is 10.2 Å². The van der Waals surface area contributed by atoms with Crippen molar-refractivity contribution >= 4 is 27.5 Å². The number of nitrogens with zero attached hydrogens (tertiary/aromatic N) is 2. The van der Waals surface area contributed by atoms with Crippen LogP contribution in [0, 0.1) is 6.92 Å². The first-order chi connectivity index (χ1) is 20.3. The van der Waals surface area contributed by atoms with Crippen molar-refractivity contribution in [2.24, 2.45) is 0 Å². The molecule has 3 aromatic carbocycles. The number of rotatable bonds is 14. The maximum absolute atomic E-state index is 14.0. The Kier molecular flexibility index (Phi) is 11.8. The summed E-state index contributed by atoms with van der Waals surface area (Å²) in [6, 6.07) is 23.7. The molecule has 1 unspecified atom stereocenters. The van der Waals surface area contributed by atoms with E-state index in [1.165, 1.54) is 4.31 Å². The van der Waals surface area contributed by atoms with Crippen molar-refractivity contribution in [2.75, 3.05) is 23.7 Å². The van der Waals surface area contributed by atoms with E-state index in [1.807, 2.05) is 89.2 Å². The van der Waals surface area contributed by atoms with Crippen LogP contribution in [0.15, 0.2) is 78.9 Å². The molecule has 43 heavy (non-hydrogen) atoms. The van der Waals surface area contributed by atoms with Gasteiger partial charge < -0.3 is 15.0 Å². The van der Waals surface area contributed by atoms with Crippen LogP contribution >= 0.6 is 0 Å². The zero-order chi connectivity index (χ0) is 31.6. The lowest BCUT2D eigenvalue weighted by molar-refractivity contribution is -0.142. The molecule has 0 radical (unpaired) electrons. The summed E-state index contributed by atoms with van der Waals surface area (Å²) in [6.45, 7) is 10.5. The number of hydrogen-bond acceptors (Lipinski definition) is 5. The fourth-order valence-corrected chi connectivity index (χ4v) is 5.74. The molecule has 0 saturated carbocycles. The molecule has 1 N–H and O–H groups in total. The number of amides is 2. The second-order valence-corrected chi connectivity index (χ2v) is 13.7. The van der Waals surface area contributed by atoms with E-state index in [-0.39, 0.29) is 37.7 Å². The smallest absolute Gasteiger partial charge is 0.243 e. The first kappa shape index (κ1) is 33.6. The second-order valence-electron chi connectivity index (χ2n) is 11.8. The lowest BCUT2D eigenvalue weighted by Gasteiger charge is -2.34. The van der Waals surface area contributed by atoms with Gasteiger partial charge >= 0.3 is 0 Å². The highest BCUT2D eigenvalue weighted by molar-refractivity contribution is 7.92. The highest BCUT2D eigenvalue weighted by Gasteiger charge is 2.32. The van der Waals surface area contributed by atoms with Crippen LogP contribution in [-0.2, 0) is 32.6 Å². The van der Waals surface area contributed by atoms with Crippen LogP contribution in [0.5, 0.6) is 5.75 Å². The van der Waals surface area contributed by atoms with Crippen LogP contribution in [0.25, 0.3) is 0 Å². The van der Waals surface area contributed by atoms with Crippen molar-refractivity contribution in [3.63, 3.8) is 0 Å². The van der Waals surface area contributed by atoms with Gasteiger partial charge in [-0.2, -0.15) is 0 Å². The van der Waals surface area contributed by atoms with Crippen LogP contribution in [0.1, 0.15) is 57.2 Å². The third-order valence-electron chi connectivity index (χ3n) is 6.83. The highest BCUT2D eigenvalue weighted by atomic mass is 32.2. The molecule has 8 nitrogen and oxygen atoms in total. The summed E-state index contributed by atoms with van der Waals surface area (Å²) >= 11 is 0. The van der Waals surface area contributed by atoms with E-state index in [0.29, 0.717) is 24.5 Å². The van der Waals surface area contributed by atoms with E-state index in [9.17, 15) is 18.0 Å². The molecule has 0 bridgehead atoms. The zero-order valence-electron chi connectivity index (χ0n) is 26.2. The van der Waals surface area contributed by atoms with E-state index in [2.05, 4.69) is 5.32 Å². The van der Waals surface area contributed by atoms with Crippen LogP contribution in [0.2, 0.25) is 0 Å². The quantitative estimate of drug-likeness (QED) is 0.261. The molecule has 1 atom stereocenters. The van der Waals surface area contributed by atoms with Gasteiger partial charge in [0.05, 0.1) is 18.6 Å². The van der Waals surface area contributed by atoms with Gasteiger partial charge in [0.2, 0.25) is 21.8 Å². The lowest BCUT2D eigenvalue weighted by Crippen LogP contribution is -2.54. The van der Waals surface area contributed by atoms with Crippen molar-refractivity contribution in [2.45, 2.75) is 72.0 Å². The molecule has 0 aliphatic carbocycles. The van der Waals surface area contributed by atoms with Gasteiger partial charge in [-0.1, -0.05) is 60.2 Å². The fourth-order valence-electron chi connectivity index (χ4n) is 4.78. The molecule has 2 amide bonds. The van der Waals surface area contributed by atoms with Crippen molar-refractivity contribution in [1.29, 1.82) is 0 Å². The predicted octanol–water partition coefficient (Wildman–Crippen LogP) is 5.49. The topological polar surface area (TPSA) is 96.0 Å². The summed E-state index contributed by atoms with van der Waals surface area (Å²) in [5, 5.41) is 3.07. The molecule has 0 aliphatic heterocycles. The van der Waals surface area contributed by atoms with Gasteiger partial charge in [-0.3, -0.25) is 13.9 Å². The first-order valence-corrected chi connectivity index (χ1v) is 16.5. The Balaban J connectivity index is 1.87. The van der Waals surface area contributed by atoms with E-state index >= 15 is 0 Å². The third kappa shape index (κ3) is 10.7. The van der Waals surface area contributed by atoms with Crippen molar-refractivity contribution < 1.29 is 22.7 Å². The minimum atomic E-state index is -3.60. The molecular formula is C34H45N3O5S. The van der Waals surface area contributed by atoms with Gasteiger partial charge in [-0.05, 0) is 76.4 Å². The molecule has 0 saturated heterocycles. The Bertz CT molecular complexity index is 1430. The lowest BCUT2D eigenvalue weighted by atomic mass is 10.00. The molecule has 0 spiro atoms. The first-order valence-electron chi connectivity index (χ1n) is 14.7. The zero-order valence-corrected chi connectivity index (χ0v) is 27.0. The fraction of sp³-hybridized carbons (Fsp3) is 0.412. The summed E-state index contributed by atoms with van der Waals surface area (Å²) in [6.07, 6.45) is 1.86. The standard InChI is InChI=1S/C34H45N3O5S/c1-7-42-30-21-19-29(20-22-30)37(43(6,40)41)23-11-14-32(38)36(25-28-17-15-26(2)16-18-28)31(33(39)35-34(3,4)5)24-27-12-9-8-10-13-27/h8-10,12-13,15-22,31H,7,11,14,23-25H2,1-6H3,(H,35,39). The average molecular weight is 608 g/mol. The summed E-state index contributed by atoms with van der Waals surface area (Å²) in [5.74, 6) is 0.203. The Labute approximate surface area is 257 Å². The van der Waals surface area contributed by atoms with Crippen molar-refractivity contribution in [3.8, 4) is 5.75 Å². The van der Waals surface area contributed by atoms with Gasteiger partial charge in [0, 0.05) is 31.5 Å². The van der Waals surface area contributed by atoms with Gasteiger partial charge in [0.1, 0.15) is 11.8 Å². The Morgan fingerprint density at radius 3 is 2.09 bits per heavy atom. The molecule has 3 rings (SSSR count). The molecule has 0 heterocycles. The number of hydrogen-bond donors (Lipinski definition) is 1. The number of benzene rings is 3. The summed E-state index contributed by atoms with van der Waals surface area (Å²) < 4.78 is 32.2. The van der Waals surface area contributed by atoms with E-state index in [1.54, 1.807) is 29.2 Å². The van der Waals surface area contributed by atoms with E-state index in [4.69, 9.17) is 4.74 Å². The van der Waals surface area contributed by atoms with Crippen molar-refractivity contribution in [3.05, 3.63) is 95.6 Å². The SMILES string of the molecule is CCOc1ccc(N(CCCC(=O)N(Cc2ccc(C)cc2)C(Cc2ccccc2)C(=O)NC(C)(C)C)S(C)(=O)=O)cc1. The molecular weight excluding hydrogens is 562 g/mol. The number of aryl methyl sites for hydroxylation is 1. The second kappa shape index (κ2) is 15.0. The molecule has 0 aliphatic rings. The molecule has 232 valence electrons. The van der Waals surface area contributed by atoms with Gasteiger partial charge in [-0.25, -0.2) is 8.42 Å². The number of carbonyl (C=O) groups excluding carboxylic acids is 2. The minimum Gasteiger partial charge on any atom is -0.494 e. The maximum atomic E-state index is 14.0. The van der Waals surface area contributed by atoms with E-state index in [0.717, 1.165) is 22.9 Å². The Morgan fingerprint density at radius 1 is 0.907 bits per heavy atom. The number of carbonyl (C=O) groups is 2. The number of sulfonamides is 1. The number of nitrogens with one attached hydrogen (secondary N) is 1. The van der Waals surface area contributed by atoms with Crippen LogP contribution in [0.3, 0.4) is 0 Å². The van der Waals surface area contributed by atoms with Gasteiger partial charge in [0.25, 0.3) is 0 Å². The summed E-state index contributed by atoms with van der Waals surface area (Å²) in [5.41, 5.74) is 2.97. The minimum absolute atomic E-state index is 0.0724. The normalized spacial score (nSPS) is 12.3. The van der Waals surface area contributed by atoms with Gasteiger partial charge in [0.15, 0.2) is 0 Å². The highest BCUT2D eigenvalue weighted by Crippen LogP contribution is 2.23. The predicted molar refractivity (Wildman–Crippen MR) is 173 cm³/mol. The molecule has 3 aromatic rings. The maximum Gasteiger partial charge on any atom is 0.243 e. The third-order valence-corrected chi connectivity index (χ3v) is 8.02. The largest absolute Gasteiger partial charge is 0.494 e. The summed E-state index contributed by atoms with van der Waals surface area (Å²) in [4.78, 5) is 29.3. The molecule has 0 aromatic heterocycles. The average Bonchev–Trinajstić information content (AvgIpc) is 2.93.